The summed E-state index contributed by atoms with van der Waals surface area (Å²) in [6, 6.07) is 14.7. The molecule has 3 nitrogen and oxygen atoms in total. The Hall–Kier alpha value is -2.39. The molecule has 0 radical (unpaired) electrons. The minimum atomic E-state index is -0.0215. The molecule has 1 N–H and O–H groups in total. The maximum absolute atomic E-state index is 11.8. The van der Waals surface area contributed by atoms with Crippen molar-refractivity contribution in [2.24, 2.45) is 0 Å². The van der Waals surface area contributed by atoms with E-state index in [-0.39, 0.29) is 5.91 Å². The predicted molar refractivity (Wildman–Crippen MR) is 110 cm³/mol. The zero-order valence-corrected chi connectivity index (χ0v) is 15.4. The Morgan fingerprint density at radius 3 is 2.65 bits per heavy atom. The van der Waals surface area contributed by atoms with Gasteiger partial charge in [-0.3, -0.25) is 4.79 Å². The Labute approximate surface area is 156 Å². The van der Waals surface area contributed by atoms with Crippen molar-refractivity contribution < 1.29 is 4.79 Å². The van der Waals surface area contributed by atoms with Crippen molar-refractivity contribution in [1.82, 2.24) is 10.2 Å². The Bertz CT molecular complexity index is 773. The maximum Gasteiger partial charge on any atom is 0.243 e. The van der Waals surface area contributed by atoms with Gasteiger partial charge >= 0.3 is 0 Å². The van der Waals surface area contributed by atoms with Gasteiger partial charge in [-0.05, 0) is 61.3 Å². The second kappa shape index (κ2) is 9.93. The van der Waals surface area contributed by atoms with E-state index in [9.17, 15) is 4.79 Å². The quantitative estimate of drug-likeness (QED) is 0.457. The molecule has 0 spiro atoms. The lowest BCUT2D eigenvalue weighted by molar-refractivity contribution is -0.116. The van der Waals surface area contributed by atoms with Crippen LogP contribution in [0.2, 0.25) is 0 Å². The molecular formula is C23H28N2O. The zero-order valence-electron chi connectivity index (χ0n) is 15.4. The molecule has 1 fully saturated rings. The fourth-order valence-electron chi connectivity index (χ4n) is 3.38. The largest absolute Gasteiger partial charge is 0.353 e. The van der Waals surface area contributed by atoms with E-state index in [0.717, 1.165) is 25.1 Å². The number of rotatable bonds is 7. The number of carbonyl (C=O) groups excluding carboxylic acids is 1. The van der Waals surface area contributed by atoms with E-state index in [0.29, 0.717) is 0 Å². The lowest BCUT2D eigenvalue weighted by Crippen LogP contribution is -2.33. The molecule has 0 atom stereocenters. The number of nitrogens with zero attached hydrogens (tertiary/aromatic N) is 1. The number of likely N-dealkylation sites (tertiary alicyclic amines) is 1. The van der Waals surface area contributed by atoms with Gasteiger partial charge in [0.1, 0.15) is 0 Å². The molecule has 0 aliphatic carbocycles. The number of piperidine rings is 1. The van der Waals surface area contributed by atoms with Gasteiger partial charge in [0.15, 0.2) is 0 Å². The molecule has 136 valence electrons. The first-order valence-corrected chi connectivity index (χ1v) is 9.65. The minimum Gasteiger partial charge on any atom is -0.353 e. The molecular weight excluding hydrogens is 320 g/mol. The molecule has 0 unspecified atom stereocenters. The monoisotopic (exact) mass is 348 g/mol. The first kappa shape index (κ1) is 18.4. The van der Waals surface area contributed by atoms with Crippen molar-refractivity contribution in [2.75, 3.05) is 26.2 Å². The summed E-state index contributed by atoms with van der Waals surface area (Å²) in [5.74, 6) is -0.0215. The predicted octanol–water partition coefficient (Wildman–Crippen LogP) is 4.40. The first-order valence-electron chi connectivity index (χ1n) is 9.65. The van der Waals surface area contributed by atoms with Gasteiger partial charge in [-0.25, -0.2) is 0 Å². The number of nitrogens with one attached hydrogen (secondary N) is 1. The number of fused-ring (bicyclic) bond motifs is 1. The normalized spacial score (nSPS) is 15.8. The third-order valence-electron chi connectivity index (χ3n) is 4.82. The Kier molecular flexibility index (Phi) is 7.03. The number of amides is 1. The maximum atomic E-state index is 11.8. The highest BCUT2D eigenvalue weighted by atomic mass is 16.1. The average molecular weight is 348 g/mol. The summed E-state index contributed by atoms with van der Waals surface area (Å²) in [5.41, 5.74) is 1.13. The molecule has 3 heteroatoms. The fraction of sp³-hybridized carbons (Fsp3) is 0.348. The van der Waals surface area contributed by atoms with Crippen molar-refractivity contribution >= 4 is 22.8 Å². The van der Waals surface area contributed by atoms with Crippen molar-refractivity contribution in [3.8, 4) is 0 Å². The second-order valence-electron chi connectivity index (χ2n) is 6.87. The van der Waals surface area contributed by atoms with E-state index in [1.807, 2.05) is 24.3 Å². The van der Waals surface area contributed by atoms with Crippen LogP contribution in [-0.4, -0.2) is 37.0 Å². The number of benzene rings is 2. The standard InChI is InChI=1S/C23H28N2O/c26-23(24-15-8-18-25-16-6-1-7-17-25)12-5-2-9-20-13-14-21-10-3-4-11-22(21)19-20/h2-5,9-14,19H,1,6-8,15-18H2,(H,24,26)/b9-2+,12-5+. The number of hydrogen-bond acceptors (Lipinski definition) is 2. The molecule has 1 aliphatic heterocycles. The topological polar surface area (TPSA) is 32.3 Å². The number of carbonyl (C=O) groups is 1. The van der Waals surface area contributed by atoms with Gasteiger partial charge in [0, 0.05) is 12.6 Å². The van der Waals surface area contributed by atoms with Gasteiger partial charge in [-0.2, -0.15) is 0 Å². The van der Waals surface area contributed by atoms with Crippen LogP contribution in [0.4, 0.5) is 0 Å². The van der Waals surface area contributed by atoms with Gasteiger partial charge in [0.2, 0.25) is 5.91 Å². The van der Waals surface area contributed by atoms with Crippen LogP contribution in [0.25, 0.3) is 16.8 Å². The summed E-state index contributed by atoms with van der Waals surface area (Å²) in [6.45, 7) is 4.26. The van der Waals surface area contributed by atoms with Crippen LogP contribution in [-0.2, 0) is 4.79 Å². The molecule has 0 saturated carbocycles. The molecule has 26 heavy (non-hydrogen) atoms. The molecule has 1 heterocycles. The van der Waals surface area contributed by atoms with Crippen molar-refractivity contribution in [3.05, 3.63) is 66.3 Å². The third-order valence-corrected chi connectivity index (χ3v) is 4.82. The molecule has 1 saturated heterocycles. The summed E-state index contributed by atoms with van der Waals surface area (Å²) >= 11 is 0. The van der Waals surface area contributed by atoms with Crippen LogP contribution in [0.5, 0.6) is 0 Å². The van der Waals surface area contributed by atoms with Crippen LogP contribution in [0.15, 0.2) is 60.7 Å². The third kappa shape index (κ3) is 5.85. The minimum absolute atomic E-state index is 0.0215. The van der Waals surface area contributed by atoms with E-state index in [1.54, 1.807) is 12.2 Å². The highest BCUT2D eigenvalue weighted by Gasteiger charge is 2.08. The highest BCUT2D eigenvalue weighted by molar-refractivity contribution is 5.88. The lowest BCUT2D eigenvalue weighted by atomic mass is 10.1. The molecule has 1 aliphatic rings. The molecule has 1 amide bonds. The summed E-state index contributed by atoms with van der Waals surface area (Å²) < 4.78 is 0. The highest BCUT2D eigenvalue weighted by Crippen LogP contribution is 2.16. The van der Waals surface area contributed by atoms with Crippen LogP contribution < -0.4 is 5.32 Å². The van der Waals surface area contributed by atoms with E-state index >= 15 is 0 Å². The first-order chi connectivity index (χ1) is 12.8. The van der Waals surface area contributed by atoms with E-state index in [4.69, 9.17) is 0 Å². The fourth-order valence-corrected chi connectivity index (χ4v) is 3.38. The Morgan fingerprint density at radius 1 is 1.00 bits per heavy atom. The summed E-state index contributed by atoms with van der Waals surface area (Å²) in [6.07, 6.45) is 12.4. The van der Waals surface area contributed by atoms with Crippen LogP contribution in [0.1, 0.15) is 31.2 Å². The van der Waals surface area contributed by atoms with Crippen molar-refractivity contribution in [2.45, 2.75) is 25.7 Å². The lowest BCUT2D eigenvalue weighted by Gasteiger charge is -2.26. The molecule has 0 bridgehead atoms. The molecule has 0 aromatic heterocycles. The molecule has 3 rings (SSSR count). The van der Waals surface area contributed by atoms with Gasteiger partial charge in [0.05, 0.1) is 0 Å². The van der Waals surface area contributed by atoms with Crippen molar-refractivity contribution in [3.63, 3.8) is 0 Å². The van der Waals surface area contributed by atoms with E-state index < -0.39 is 0 Å². The Morgan fingerprint density at radius 2 is 1.81 bits per heavy atom. The van der Waals surface area contributed by atoms with Crippen LogP contribution in [0, 0.1) is 0 Å². The summed E-state index contributed by atoms with van der Waals surface area (Å²) in [7, 11) is 0. The second-order valence-corrected chi connectivity index (χ2v) is 6.87. The number of hydrogen-bond donors (Lipinski definition) is 1. The van der Waals surface area contributed by atoms with Gasteiger partial charge < -0.3 is 10.2 Å². The van der Waals surface area contributed by atoms with Gasteiger partial charge in [-0.15, -0.1) is 0 Å². The SMILES string of the molecule is O=C(/C=C/C=C/c1ccc2ccccc2c1)NCCCN1CCCCC1. The zero-order chi connectivity index (χ0) is 18.0. The van der Waals surface area contributed by atoms with E-state index in [2.05, 4.69) is 40.5 Å². The van der Waals surface area contributed by atoms with Crippen LogP contribution >= 0.6 is 0 Å². The average Bonchev–Trinajstić information content (AvgIpc) is 2.69. The Balaban J connectivity index is 1.38. The van der Waals surface area contributed by atoms with Crippen molar-refractivity contribution in [1.29, 1.82) is 0 Å². The number of allylic oxidation sites excluding steroid dienone is 2. The molecule has 2 aromatic carbocycles. The van der Waals surface area contributed by atoms with E-state index in [1.165, 1.54) is 43.1 Å². The smallest absolute Gasteiger partial charge is 0.243 e. The van der Waals surface area contributed by atoms with Gasteiger partial charge in [0.25, 0.3) is 0 Å². The summed E-state index contributed by atoms with van der Waals surface area (Å²) in [4.78, 5) is 14.3. The summed E-state index contributed by atoms with van der Waals surface area (Å²) in [5, 5.41) is 5.43. The molecule has 2 aromatic rings. The van der Waals surface area contributed by atoms with Gasteiger partial charge in [-0.1, -0.05) is 61.0 Å². The van der Waals surface area contributed by atoms with Crippen LogP contribution in [0.3, 0.4) is 0 Å².